The van der Waals surface area contributed by atoms with E-state index in [1.165, 1.54) is 22.0 Å². The maximum Gasteiger partial charge on any atom is 0.335 e. The van der Waals surface area contributed by atoms with Crippen molar-refractivity contribution in [2.24, 2.45) is 5.92 Å². The molecule has 3 heterocycles. The molecule has 0 aliphatic heterocycles. The predicted octanol–water partition coefficient (Wildman–Crippen LogP) is 3.23. The summed E-state index contributed by atoms with van der Waals surface area (Å²) < 4.78 is 1.22. The van der Waals surface area contributed by atoms with Gasteiger partial charge in [-0.3, -0.25) is 0 Å². The number of nitrogens with zero attached hydrogens (tertiary/aromatic N) is 4. The summed E-state index contributed by atoms with van der Waals surface area (Å²) in [5.41, 5.74) is 3.13. The number of nitrogens with one attached hydrogen (secondary N) is 2. The highest BCUT2D eigenvalue weighted by atomic mass is 35.5. The lowest BCUT2D eigenvalue weighted by Gasteiger charge is -2.08. The van der Waals surface area contributed by atoms with Crippen LogP contribution in [0.3, 0.4) is 0 Å². The molecule has 8 nitrogen and oxygen atoms in total. The molecule has 0 radical (unpaired) electrons. The summed E-state index contributed by atoms with van der Waals surface area (Å²) in [7, 11) is 0. The Bertz CT molecular complexity index is 1150. The number of rotatable bonds is 6. The molecule has 2 N–H and O–H groups in total. The maximum absolute atomic E-state index is 11.9. The summed E-state index contributed by atoms with van der Waals surface area (Å²) in [4.78, 5) is 33.1. The van der Waals surface area contributed by atoms with Crippen LogP contribution in [0.25, 0.3) is 22.1 Å². The second-order valence-corrected chi connectivity index (χ2v) is 7.02. The molecule has 3 aromatic heterocycles. The lowest BCUT2D eigenvalue weighted by atomic mass is 10.1. The van der Waals surface area contributed by atoms with Gasteiger partial charge in [0.05, 0.1) is 5.92 Å². The van der Waals surface area contributed by atoms with Crippen molar-refractivity contribution >= 4 is 45.5 Å². The van der Waals surface area contributed by atoms with Crippen LogP contribution in [-0.2, 0) is 11.2 Å². The van der Waals surface area contributed by atoms with Crippen LogP contribution < -0.4 is 10.2 Å². The highest BCUT2D eigenvalue weighted by Gasteiger charge is 2.17. The molecule has 0 saturated heterocycles. The molecule has 0 amide bonds. The molecule has 0 atom stereocenters. The van der Waals surface area contributed by atoms with Crippen molar-refractivity contribution in [3.63, 3.8) is 0 Å². The quantitative estimate of drug-likeness (QED) is 0.484. The average molecular weight is 399 g/mol. The van der Waals surface area contributed by atoms with Gasteiger partial charge in [-0.25, -0.2) is 9.78 Å². The first kappa shape index (κ1) is 18.2. The largest absolute Gasteiger partial charge is 0.368 e. The van der Waals surface area contributed by atoms with Gasteiger partial charge in [-0.15, -0.1) is 4.73 Å². The van der Waals surface area contributed by atoms with Gasteiger partial charge < -0.3 is 15.1 Å². The van der Waals surface area contributed by atoms with E-state index in [-0.39, 0.29) is 17.2 Å². The molecule has 0 fully saturated rings. The van der Waals surface area contributed by atoms with Gasteiger partial charge in [-0.2, -0.15) is 9.97 Å². The summed E-state index contributed by atoms with van der Waals surface area (Å²) in [6.45, 7) is 4.13. The second-order valence-electron chi connectivity index (χ2n) is 6.69. The molecule has 4 aromatic rings. The number of benzene rings is 1. The van der Waals surface area contributed by atoms with E-state index in [4.69, 9.17) is 16.4 Å². The summed E-state index contributed by atoms with van der Waals surface area (Å²) in [6.07, 6.45) is 4.19. The average Bonchev–Trinajstić information content (AvgIpc) is 3.26. The molecular formula is C19H19ClN6O2. The number of aromatic amines is 1. The zero-order chi connectivity index (χ0) is 19.7. The SMILES string of the molecule is CC(C)C(=O)On1cnc2c(NCCc3c[nH]c4ccccc34)nc(Cl)nc21. The Morgan fingerprint density at radius 3 is 2.96 bits per heavy atom. The summed E-state index contributed by atoms with van der Waals surface area (Å²) in [6, 6.07) is 8.16. The first-order valence-electron chi connectivity index (χ1n) is 8.94. The Morgan fingerprint density at radius 2 is 2.14 bits per heavy atom. The first-order chi connectivity index (χ1) is 13.5. The highest BCUT2D eigenvalue weighted by molar-refractivity contribution is 6.28. The minimum atomic E-state index is -0.386. The fourth-order valence-electron chi connectivity index (χ4n) is 2.90. The molecule has 0 spiro atoms. The first-order valence-corrected chi connectivity index (χ1v) is 9.32. The van der Waals surface area contributed by atoms with E-state index in [2.05, 4.69) is 31.3 Å². The number of fused-ring (bicyclic) bond motifs is 2. The lowest BCUT2D eigenvalue weighted by molar-refractivity contribution is -0.147. The third kappa shape index (κ3) is 3.50. The lowest BCUT2D eigenvalue weighted by Crippen LogP contribution is -2.23. The van der Waals surface area contributed by atoms with Crippen LogP contribution in [-0.4, -0.2) is 37.2 Å². The Labute approximate surface area is 165 Å². The van der Waals surface area contributed by atoms with Gasteiger partial charge in [-0.05, 0) is 29.7 Å². The van der Waals surface area contributed by atoms with Crippen LogP contribution in [0.4, 0.5) is 5.82 Å². The van der Waals surface area contributed by atoms with Crippen LogP contribution in [0.15, 0.2) is 36.8 Å². The Hall–Kier alpha value is -3.13. The summed E-state index contributed by atoms with van der Waals surface area (Å²) in [5, 5.41) is 4.50. The number of aromatic nitrogens is 5. The predicted molar refractivity (Wildman–Crippen MR) is 107 cm³/mol. The number of H-pyrrole nitrogens is 1. The third-order valence-corrected chi connectivity index (χ3v) is 4.53. The van der Waals surface area contributed by atoms with Crippen molar-refractivity contribution in [2.75, 3.05) is 11.9 Å². The molecular weight excluding hydrogens is 380 g/mol. The topological polar surface area (TPSA) is 97.7 Å². The normalized spacial score (nSPS) is 11.4. The van der Waals surface area contributed by atoms with Crippen molar-refractivity contribution in [1.82, 2.24) is 24.7 Å². The Balaban J connectivity index is 1.53. The molecule has 144 valence electrons. The summed E-state index contributed by atoms with van der Waals surface area (Å²) in [5.74, 6) is -0.166. The number of carbonyl (C=O) groups excluding carboxylic acids is 1. The van der Waals surface area contributed by atoms with Crippen molar-refractivity contribution in [2.45, 2.75) is 20.3 Å². The molecule has 0 saturated carbocycles. The van der Waals surface area contributed by atoms with Gasteiger partial charge in [0.15, 0.2) is 11.3 Å². The van der Waals surface area contributed by atoms with Crippen molar-refractivity contribution in [1.29, 1.82) is 0 Å². The zero-order valence-electron chi connectivity index (χ0n) is 15.4. The van der Waals surface area contributed by atoms with Crippen molar-refractivity contribution < 1.29 is 9.63 Å². The van der Waals surface area contributed by atoms with Crippen LogP contribution in [0.5, 0.6) is 0 Å². The van der Waals surface area contributed by atoms with E-state index in [9.17, 15) is 4.79 Å². The van der Waals surface area contributed by atoms with Gasteiger partial charge in [0.25, 0.3) is 0 Å². The van der Waals surface area contributed by atoms with Gasteiger partial charge >= 0.3 is 5.97 Å². The maximum atomic E-state index is 11.9. The van der Waals surface area contributed by atoms with E-state index < -0.39 is 0 Å². The van der Waals surface area contributed by atoms with Crippen LogP contribution >= 0.6 is 11.6 Å². The van der Waals surface area contributed by atoms with Gasteiger partial charge in [0.2, 0.25) is 10.9 Å². The van der Waals surface area contributed by atoms with Gasteiger partial charge in [0.1, 0.15) is 6.33 Å². The number of carbonyl (C=O) groups is 1. The number of halogens is 1. The van der Waals surface area contributed by atoms with Gasteiger partial charge in [0, 0.05) is 23.6 Å². The zero-order valence-corrected chi connectivity index (χ0v) is 16.2. The number of imidazole rings is 1. The Kier molecular flexibility index (Phi) is 4.87. The van der Waals surface area contributed by atoms with E-state index >= 15 is 0 Å². The number of para-hydroxylation sites is 1. The molecule has 0 aliphatic rings. The molecule has 4 rings (SSSR count). The van der Waals surface area contributed by atoms with E-state index in [0.29, 0.717) is 23.5 Å². The van der Waals surface area contributed by atoms with E-state index in [0.717, 1.165) is 11.9 Å². The summed E-state index contributed by atoms with van der Waals surface area (Å²) >= 11 is 6.06. The molecule has 28 heavy (non-hydrogen) atoms. The fraction of sp³-hybridized carbons (Fsp3) is 0.263. The van der Waals surface area contributed by atoms with Crippen LogP contribution in [0, 0.1) is 5.92 Å². The smallest absolute Gasteiger partial charge is 0.335 e. The monoisotopic (exact) mass is 398 g/mol. The minimum absolute atomic E-state index is 0.0458. The molecule has 1 aromatic carbocycles. The van der Waals surface area contributed by atoms with E-state index in [1.807, 2.05) is 24.4 Å². The molecule has 0 aliphatic carbocycles. The number of hydrogen-bond donors (Lipinski definition) is 2. The molecule has 0 unspecified atom stereocenters. The standard InChI is InChI=1S/C19H19ClN6O2/c1-11(2)18(27)28-26-10-23-15-16(24-19(20)25-17(15)26)21-8-7-12-9-22-14-6-4-3-5-13(12)14/h3-6,9-11,22H,7-8H2,1-2H3,(H,21,24,25). The van der Waals surface area contributed by atoms with Crippen LogP contribution in [0.2, 0.25) is 5.28 Å². The van der Waals surface area contributed by atoms with Crippen molar-refractivity contribution in [3.8, 4) is 0 Å². The molecule has 9 heteroatoms. The van der Waals surface area contributed by atoms with Crippen molar-refractivity contribution in [3.05, 3.63) is 47.6 Å². The molecule has 0 bridgehead atoms. The Morgan fingerprint density at radius 1 is 1.32 bits per heavy atom. The minimum Gasteiger partial charge on any atom is -0.368 e. The van der Waals surface area contributed by atoms with Gasteiger partial charge in [-0.1, -0.05) is 32.0 Å². The number of anilines is 1. The third-order valence-electron chi connectivity index (χ3n) is 4.36. The second kappa shape index (κ2) is 7.47. The highest BCUT2D eigenvalue weighted by Crippen LogP contribution is 2.22. The number of hydrogen-bond acceptors (Lipinski definition) is 6. The van der Waals surface area contributed by atoms with Crippen LogP contribution in [0.1, 0.15) is 19.4 Å². The fourth-order valence-corrected chi connectivity index (χ4v) is 3.06. The van der Waals surface area contributed by atoms with E-state index in [1.54, 1.807) is 13.8 Å².